The average Bonchev–Trinajstić information content (AvgIpc) is 3.14. The predicted octanol–water partition coefficient (Wildman–Crippen LogP) is 2.74. The molecule has 0 radical (unpaired) electrons. The maximum Gasteiger partial charge on any atom is 0.244 e. The minimum absolute atomic E-state index is 0.0212. The molecular weight excluding hydrogens is 354 g/mol. The summed E-state index contributed by atoms with van der Waals surface area (Å²) in [4.78, 5) is 35.7. The molecule has 2 atom stereocenters. The van der Waals surface area contributed by atoms with E-state index >= 15 is 0 Å². The molecule has 7 heteroatoms. The van der Waals surface area contributed by atoms with Crippen LogP contribution in [0.25, 0.3) is 10.9 Å². The highest BCUT2D eigenvalue weighted by Gasteiger charge is 2.36. The molecule has 2 aromatic rings. The van der Waals surface area contributed by atoms with Gasteiger partial charge in [0.15, 0.2) is 0 Å². The Morgan fingerprint density at radius 1 is 1.39 bits per heavy atom. The van der Waals surface area contributed by atoms with Gasteiger partial charge in [0.1, 0.15) is 12.1 Å². The van der Waals surface area contributed by atoms with E-state index in [1.165, 1.54) is 0 Å². The number of aromatic nitrogens is 2. The Balaban J connectivity index is 1.78. The van der Waals surface area contributed by atoms with Crippen LogP contribution in [0.15, 0.2) is 30.7 Å². The lowest BCUT2D eigenvalue weighted by Gasteiger charge is -2.28. The molecule has 0 aliphatic carbocycles. The van der Waals surface area contributed by atoms with Crippen molar-refractivity contribution < 1.29 is 9.59 Å². The summed E-state index contributed by atoms with van der Waals surface area (Å²) in [6.45, 7) is 6.58. The number of amides is 2. The highest BCUT2D eigenvalue weighted by Crippen LogP contribution is 2.26. The number of nitrogens with one attached hydrogen (secondary N) is 1. The van der Waals surface area contributed by atoms with Gasteiger partial charge < -0.3 is 10.2 Å². The summed E-state index contributed by atoms with van der Waals surface area (Å²) in [5.41, 5.74) is 1.05. The lowest BCUT2D eigenvalue weighted by atomic mass is 9.91. The van der Waals surface area contributed by atoms with Gasteiger partial charge in [0.25, 0.3) is 0 Å². The first-order chi connectivity index (χ1) is 13.3. The van der Waals surface area contributed by atoms with Gasteiger partial charge in [-0.2, -0.15) is 5.26 Å². The number of carbonyl (C=O) groups is 2. The molecule has 2 amide bonds. The zero-order chi connectivity index (χ0) is 20.3. The van der Waals surface area contributed by atoms with Crippen LogP contribution in [0.2, 0.25) is 0 Å². The van der Waals surface area contributed by atoms with E-state index in [0.29, 0.717) is 30.5 Å². The van der Waals surface area contributed by atoms with Gasteiger partial charge in [0.2, 0.25) is 11.8 Å². The van der Waals surface area contributed by atoms with Crippen molar-refractivity contribution >= 4 is 22.7 Å². The molecule has 1 aliphatic heterocycles. The zero-order valence-electron chi connectivity index (χ0n) is 16.5. The third kappa shape index (κ3) is 4.28. The monoisotopic (exact) mass is 379 g/mol. The van der Waals surface area contributed by atoms with Gasteiger partial charge in [-0.3, -0.25) is 19.6 Å². The van der Waals surface area contributed by atoms with Crippen molar-refractivity contribution in [1.29, 1.82) is 5.26 Å². The third-order valence-electron chi connectivity index (χ3n) is 4.82. The fourth-order valence-electron chi connectivity index (χ4n) is 3.54. The first kappa shape index (κ1) is 19.7. The van der Waals surface area contributed by atoms with Crippen molar-refractivity contribution in [1.82, 2.24) is 20.2 Å². The number of hydrogen-bond donors (Lipinski definition) is 1. The number of nitrogens with zero attached hydrogens (tertiary/aromatic N) is 4. The molecule has 2 aromatic heterocycles. The molecule has 28 heavy (non-hydrogen) atoms. The summed E-state index contributed by atoms with van der Waals surface area (Å²) in [5, 5.41) is 13.3. The van der Waals surface area contributed by atoms with Gasteiger partial charge >= 0.3 is 0 Å². The number of likely N-dealkylation sites (tertiary alicyclic amines) is 1. The number of nitriles is 1. The van der Waals surface area contributed by atoms with E-state index < -0.39 is 12.1 Å². The van der Waals surface area contributed by atoms with Crippen LogP contribution in [0.5, 0.6) is 0 Å². The number of fused-ring (bicyclic) bond motifs is 1. The summed E-state index contributed by atoms with van der Waals surface area (Å²) in [5.74, 6) is -0.327. The fraction of sp³-hybridized carbons (Fsp3) is 0.476. The molecular formula is C21H25N5O2. The average molecular weight is 379 g/mol. The van der Waals surface area contributed by atoms with Crippen LogP contribution in [0.4, 0.5) is 0 Å². The molecule has 0 spiro atoms. The normalized spacial score (nSPS) is 17.9. The van der Waals surface area contributed by atoms with E-state index in [1.54, 1.807) is 29.6 Å². The molecule has 2 unspecified atom stereocenters. The van der Waals surface area contributed by atoms with Gasteiger partial charge in [-0.15, -0.1) is 0 Å². The minimum Gasteiger partial charge on any atom is -0.335 e. The van der Waals surface area contributed by atoms with Crippen LogP contribution in [-0.4, -0.2) is 39.3 Å². The van der Waals surface area contributed by atoms with Gasteiger partial charge in [-0.1, -0.05) is 20.8 Å². The molecule has 3 rings (SSSR count). The Morgan fingerprint density at radius 2 is 2.18 bits per heavy atom. The first-order valence-corrected chi connectivity index (χ1v) is 9.48. The van der Waals surface area contributed by atoms with Crippen molar-refractivity contribution in [3.05, 3.63) is 36.3 Å². The van der Waals surface area contributed by atoms with E-state index in [1.807, 2.05) is 26.8 Å². The van der Waals surface area contributed by atoms with E-state index in [-0.39, 0.29) is 17.2 Å². The van der Waals surface area contributed by atoms with E-state index in [2.05, 4.69) is 21.4 Å². The summed E-state index contributed by atoms with van der Waals surface area (Å²) in [6.07, 6.45) is 6.64. The fourth-order valence-corrected chi connectivity index (χ4v) is 3.54. The van der Waals surface area contributed by atoms with Crippen molar-refractivity contribution in [2.24, 2.45) is 5.41 Å². The second-order valence-corrected chi connectivity index (χ2v) is 8.36. The van der Waals surface area contributed by atoms with Gasteiger partial charge in [-0.05, 0) is 30.4 Å². The molecule has 146 valence electrons. The van der Waals surface area contributed by atoms with E-state index in [4.69, 9.17) is 0 Å². The Bertz CT molecular complexity index is 923. The standard InChI is InChI=1S/C21H25N5O2/c1-21(2,3)10-18(27)26-9-5-7-17(26)20(28)25-16(11-22)15-13-23-12-14-6-4-8-24-19(14)15/h4,6,8,12-13,16-17H,5,7,9-10H2,1-3H3,(H,25,28). The summed E-state index contributed by atoms with van der Waals surface area (Å²) >= 11 is 0. The van der Waals surface area contributed by atoms with Crippen molar-refractivity contribution in [3.63, 3.8) is 0 Å². The Morgan fingerprint density at radius 3 is 2.89 bits per heavy atom. The molecule has 1 aliphatic rings. The lowest BCUT2D eigenvalue weighted by molar-refractivity contribution is -0.140. The van der Waals surface area contributed by atoms with Crippen LogP contribution < -0.4 is 5.32 Å². The molecule has 3 heterocycles. The Labute approximate surface area is 164 Å². The summed E-state index contributed by atoms with van der Waals surface area (Å²) in [7, 11) is 0. The largest absolute Gasteiger partial charge is 0.335 e. The molecule has 7 nitrogen and oxygen atoms in total. The Kier molecular flexibility index (Phi) is 5.59. The van der Waals surface area contributed by atoms with Gasteiger partial charge in [0.05, 0.1) is 11.6 Å². The van der Waals surface area contributed by atoms with E-state index in [9.17, 15) is 14.9 Å². The van der Waals surface area contributed by atoms with Crippen molar-refractivity contribution in [2.75, 3.05) is 6.54 Å². The lowest BCUT2D eigenvalue weighted by Crippen LogP contribution is -2.47. The quantitative estimate of drug-likeness (QED) is 0.880. The van der Waals surface area contributed by atoms with Crippen LogP contribution in [-0.2, 0) is 9.59 Å². The van der Waals surface area contributed by atoms with Crippen LogP contribution in [0, 0.1) is 16.7 Å². The molecule has 0 bridgehead atoms. The topological polar surface area (TPSA) is 99.0 Å². The molecule has 1 saturated heterocycles. The smallest absolute Gasteiger partial charge is 0.244 e. The number of rotatable bonds is 4. The SMILES string of the molecule is CC(C)(C)CC(=O)N1CCCC1C(=O)NC(C#N)c1cncc2cccnc12. The number of hydrogen-bond acceptors (Lipinski definition) is 5. The molecule has 1 fully saturated rings. The first-order valence-electron chi connectivity index (χ1n) is 9.48. The molecule has 0 saturated carbocycles. The zero-order valence-corrected chi connectivity index (χ0v) is 16.5. The van der Waals surface area contributed by atoms with Crippen molar-refractivity contribution in [3.8, 4) is 6.07 Å². The Hall–Kier alpha value is -3.01. The van der Waals surface area contributed by atoms with Crippen LogP contribution in [0.1, 0.15) is 51.6 Å². The maximum atomic E-state index is 12.9. The van der Waals surface area contributed by atoms with E-state index in [0.717, 1.165) is 11.8 Å². The predicted molar refractivity (Wildman–Crippen MR) is 105 cm³/mol. The van der Waals surface area contributed by atoms with Gasteiger partial charge in [0, 0.05) is 42.5 Å². The minimum atomic E-state index is -0.876. The summed E-state index contributed by atoms with van der Waals surface area (Å²) < 4.78 is 0. The summed E-state index contributed by atoms with van der Waals surface area (Å²) in [6, 6.07) is 4.37. The number of carbonyl (C=O) groups excluding carboxylic acids is 2. The highest BCUT2D eigenvalue weighted by molar-refractivity contribution is 5.89. The maximum absolute atomic E-state index is 12.9. The second-order valence-electron chi connectivity index (χ2n) is 8.36. The second kappa shape index (κ2) is 7.93. The highest BCUT2D eigenvalue weighted by atomic mass is 16.2. The van der Waals surface area contributed by atoms with Crippen LogP contribution in [0.3, 0.4) is 0 Å². The van der Waals surface area contributed by atoms with Crippen LogP contribution >= 0.6 is 0 Å². The van der Waals surface area contributed by atoms with Crippen molar-refractivity contribution in [2.45, 2.75) is 52.1 Å². The molecule has 1 N–H and O–H groups in total. The number of pyridine rings is 2. The third-order valence-corrected chi connectivity index (χ3v) is 4.82. The molecule has 0 aromatic carbocycles. The van der Waals surface area contributed by atoms with Gasteiger partial charge in [-0.25, -0.2) is 0 Å².